The SMILES string of the molecule is O=S(=O)(Nc1ccc(Cl)c(C(F)(F)F)c1)c1ccc2c(c1)OCCO2. The molecule has 0 saturated carbocycles. The Labute approximate surface area is 146 Å². The minimum absolute atomic E-state index is 0.166. The molecule has 0 amide bonds. The first-order valence-corrected chi connectivity index (χ1v) is 8.82. The molecule has 1 heterocycles. The summed E-state index contributed by atoms with van der Waals surface area (Å²) < 4.78 is 76.2. The maximum atomic E-state index is 12.9. The van der Waals surface area contributed by atoms with E-state index in [0.29, 0.717) is 18.4 Å². The molecule has 1 aliphatic heterocycles. The van der Waals surface area contributed by atoms with E-state index in [1.807, 2.05) is 0 Å². The lowest BCUT2D eigenvalue weighted by atomic mass is 10.2. The van der Waals surface area contributed by atoms with Crippen LogP contribution in [0.15, 0.2) is 41.3 Å². The normalized spacial score (nSPS) is 14.2. The fraction of sp³-hybridized carbons (Fsp3) is 0.200. The Morgan fingerprint density at radius 1 is 1.00 bits per heavy atom. The summed E-state index contributed by atoms with van der Waals surface area (Å²) >= 11 is 5.52. The third-order valence-corrected chi connectivity index (χ3v) is 5.06. The molecule has 1 N–H and O–H groups in total. The Morgan fingerprint density at radius 2 is 1.68 bits per heavy atom. The highest BCUT2D eigenvalue weighted by Gasteiger charge is 2.33. The van der Waals surface area contributed by atoms with E-state index >= 15 is 0 Å². The average Bonchev–Trinajstić information content (AvgIpc) is 2.55. The summed E-state index contributed by atoms with van der Waals surface area (Å²) in [6.07, 6.45) is -4.70. The van der Waals surface area contributed by atoms with Gasteiger partial charge in [-0.15, -0.1) is 0 Å². The smallest absolute Gasteiger partial charge is 0.417 e. The Balaban J connectivity index is 1.92. The van der Waals surface area contributed by atoms with Gasteiger partial charge in [-0.05, 0) is 30.3 Å². The lowest BCUT2D eigenvalue weighted by Gasteiger charge is -2.19. The summed E-state index contributed by atoms with van der Waals surface area (Å²) in [5.41, 5.74) is -1.39. The van der Waals surface area contributed by atoms with Crippen LogP contribution in [0.25, 0.3) is 0 Å². The second-order valence-electron chi connectivity index (χ2n) is 5.10. The van der Waals surface area contributed by atoms with Crippen LogP contribution in [0.3, 0.4) is 0 Å². The van der Waals surface area contributed by atoms with Crippen LogP contribution in [0, 0.1) is 0 Å². The minimum Gasteiger partial charge on any atom is -0.486 e. The van der Waals surface area contributed by atoms with Gasteiger partial charge in [0.15, 0.2) is 11.5 Å². The van der Waals surface area contributed by atoms with Crippen molar-refractivity contribution >= 4 is 27.3 Å². The van der Waals surface area contributed by atoms with Gasteiger partial charge in [-0.1, -0.05) is 11.6 Å². The van der Waals surface area contributed by atoms with Crippen LogP contribution in [0.4, 0.5) is 18.9 Å². The van der Waals surface area contributed by atoms with Crippen LogP contribution < -0.4 is 14.2 Å². The molecule has 0 radical (unpaired) electrons. The van der Waals surface area contributed by atoms with Crippen molar-refractivity contribution in [1.29, 1.82) is 0 Å². The van der Waals surface area contributed by atoms with Gasteiger partial charge >= 0.3 is 6.18 Å². The third-order valence-electron chi connectivity index (χ3n) is 3.35. The van der Waals surface area contributed by atoms with Crippen molar-refractivity contribution in [3.8, 4) is 11.5 Å². The summed E-state index contributed by atoms with van der Waals surface area (Å²) in [6, 6.07) is 6.71. The average molecular weight is 394 g/mol. The van der Waals surface area contributed by atoms with E-state index < -0.39 is 26.8 Å². The Hall–Kier alpha value is -2.13. The maximum Gasteiger partial charge on any atom is 0.417 e. The molecular formula is C15H11ClF3NO4S. The molecule has 2 aromatic carbocycles. The van der Waals surface area contributed by atoms with Crippen molar-refractivity contribution in [3.05, 3.63) is 47.0 Å². The topological polar surface area (TPSA) is 64.6 Å². The molecule has 25 heavy (non-hydrogen) atoms. The zero-order valence-electron chi connectivity index (χ0n) is 12.4. The fourth-order valence-corrected chi connectivity index (χ4v) is 3.50. The number of ether oxygens (including phenoxy) is 2. The maximum absolute atomic E-state index is 12.9. The standard InChI is InChI=1S/C15H11ClF3NO4S/c16-12-3-1-9(7-11(12)15(17,18)19)20-25(21,22)10-2-4-13-14(8-10)24-6-5-23-13/h1-4,7-8,20H,5-6H2. The van der Waals surface area contributed by atoms with Crippen LogP contribution in [0.2, 0.25) is 5.02 Å². The summed E-state index contributed by atoms with van der Waals surface area (Å²) in [6.45, 7) is 0.623. The molecule has 0 fully saturated rings. The number of alkyl halides is 3. The Bertz CT molecular complexity index is 915. The van der Waals surface area contributed by atoms with Gasteiger partial charge in [0.05, 0.1) is 15.5 Å². The fourth-order valence-electron chi connectivity index (χ4n) is 2.21. The molecule has 0 aromatic heterocycles. The number of nitrogens with one attached hydrogen (secondary N) is 1. The number of rotatable bonds is 3. The van der Waals surface area contributed by atoms with Gasteiger partial charge < -0.3 is 9.47 Å². The van der Waals surface area contributed by atoms with Crippen LogP contribution in [-0.2, 0) is 16.2 Å². The molecule has 3 rings (SSSR count). The quantitative estimate of drug-likeness (QED) is 0.858. The molecule has 0 bridgehead atoms. The van der Waals surface area contributed by atoms with E-state index in [1.165, 1.54) is 18.2 Å². The summed E-state index contributed by atoms with van der Waals surface area (Å²) in [7, 11) is -4.12. The molecule has 0 unspecified atom stereocenters. The van der Waals surface area contributed by atoms with E-state index in [-0.39, 0.29) is 22.9 Å². The van der Waals surface area contributed by atoms with Gasteiger partial charge in [-0.25, -0.2) is 8.42 Å². The third kappa shape index (κ3) is 3.77. The van der Waals surface area contributed by atoms with Crippen LogP contribution in [0.5, 0.6) is 11.5 Å². The zero-order chi connectivity index (χ0) is 18.2. The zero-order valence-corrected chi connectivity index (χ0v) is 14.0. The van der Waals surface area contributed by atoms with Gasteiger partial charge in [-0.3, -0.25) is 4.72 Å². The lowest BCUT2D eigenvalue weighted by Crippen LogP contribution is -2.17. The van der Waals surface area contributed by atoms with Gasteiger partial charge in [0.1, 0.15) is 13.2 Å². The molecular weight excluding hydrogens is 383 g/mol. The molecule has 2 aromatic rings. The highest BCUT2D eigenvalue weighted by Crippen LogP contribution is 2.37. The van der Waals surface area contributed by atoms with E-state index in [0.717, 1.165) is 12.1 Å². The molecule has 134 valence electrons. The minimum atomic E-state index is -4.70. The van der Waals surface area contributed by atoms with Crippen molar-refractivity contribution in [2.45, 2.75) is 11.1 Å². The molecule has 0 saturated heterocycles. The lowest BCUT2D eigenvalue weighted by molar-refractivity contribution is -0.137. The Morgan fingerprint density at radius 3 is 2.36 bits per heavy atom. The van der Waals surface area contributed by atoms with E-state index in [4.69, 9.17) is 21.1 Å². The first kappa shape index (κ1) is 17.7. The van der Waals surface area contributed by atoms with Gasteiger partial charge in [0, 0.05) is 11.8 Å². The molecule has 1 aliphatic rings. The first-order chi connectivity index (χ1) is 11.7. The van der Waals surface area contributed by atoms with E-state index in [2.05, 4.69) is 4.72 Å². The van der Waals surface area contributed by atoms with Crippen molar-refractivity contribution < 1.29 is 31.1 Å². The molecule has 5 nitrogen and oxygen atoms in total. The monoisotopic (exact) mass is 393 g/mol. The highest BCUT2D eigenvalue weighted by molar-refractivity contribution is 7.92. The van der Waals surface area contributed by atoms with E-state index in [9.17, 15) is 21.6 Å². The second kappa shape index (κ2) is 6.30. The number of halogens is 4. The van der Waals surface area contributed by atoms with Crippen molar-refractivity contribution in [3.63, 3.8) is 0 Å². The second-order valence-corrected chi connectivity index (χ2v) is 7.19. The van der Waals surface area contributed by atoms with Crippen molar-refractivity contribution in [1.82, 2.24) is 0 Å². The number of hydrogen-bond acceptors (Lipinski definition) is 4. The number of hydrogen-bond donors (Lipinski definition) is 1. The summed E-state index contributed by atoms with van der Waals surface area (Å²) in [4.78, 5) is -0.166. The number of benzene rings is 2. The van der Waals surface area contributed by atoms with Crippen molar-refractivity contribution in [2.75, 3.05) is 17.9 Å². The molecule has 0 atom stereocenters. The predicted octanol–water partition coefficient (Wildman–Crippen LogP) is 3.93. The Kier molecular flexibility index (Phi) is 4.46. The van der Waals surface area contributed by atoms with Gasteiger partial charge in [0.2, 0.25) is 0 Å². The number of sulfonamides is 1. The highest BCUT2D eigenvalue weighted by atomic mass is 35.5. The van der Waals surface area contributed by atoms with E-state index in [1.54, 1.807) is 0 Å². The van der Waals surface area contributed by atoms with Gasteiger partial charge in [0.25, 0.3) is 10.0 Å². The number of anilines is 1. The predicted molar refractivity (Wildman–Crippen MR) is 84.7 cm³/mol. The van der Waals surface area contributed by atoms with Gasteiger partial charge in [-0.2, -0.15) is 13.2 Å². The van der Waals surface area contributed by atoms with Crippen LogP contribution >= 0.6 is 11.6 Å². The van der Waals surface area contributed by atoms with Crippen LogP contribution in [-0.4, -0.2) is 21.6 Å². The largest absolute Gasteiger partial charge is 0.486 e. The summed E-state index contributed by atoms with van der Waals surface area (Å²) in [5.74, 6) is 0.650. The van der Waals surface area contributed by atoms with Crippen LogP contribution in [0.1, 0.15) is 5.56 Å². The van der Waals surface area contributed by atoms with Crippen molar-refractivity contribution in [2.24, 2.45) is 0 Å². The number of fused-ring (bicyclic) bond motifs is 1. The first-order valence-electron chi connectivity index (χ1n) is 6.96. The molecule has 10 heteroatoms. The molecule has 0 spiro atoms. The summed E-state index contributed by atoms with van der Waals surface area (Å²) in [5, 5.41) is -0.519. The molecule has 0 aliphatic carbocycles.